The second kappa shape index (κ2) is 8.29. The number of hydrogen-bond donors (Lipinski definition) is 0. The van der Waals surface area contributed by atoms with Crippen molar-refractivity contribution in [3.63, 3.8) is 0 Å². The van der Waals surface area contributed by atoms with Gasteiger partial charge in [0.25, 0.3) is 0 Å². The average molecular weight is 299 g/mol. The molecule has 0 N–H and O–H groups in total. The van der Waals surface area contributed by atoms with E-state index in [2.05, 4.69) is 4.98 Å². The standard InChI is InChI=1S/C18H21NO3/c1-14(2)18(20)13-21-11-12-22-16-8-6-15(7-9-16)17-5-3-4-10-19-17/h3-10,14H,11-13H2,1-2H3. The number of ether oxygens (including phenoxy) is 2. The van der Waals surface area contributed by atoms with E-state index in [-0.39, 0.29) is 18.3 Å². The monoisotopic (exact) mass is 299 g/mol. The molecule has 0 atom stereocenters. The Morgan fingerprint density at radius 3 is 2.50 bits per heavy atom. The van der Waals surface area contributed by atoms with Crippen molar-refractivity contribution in [1.29, 1.82) is 0 Å². The van der Waals surface area contributed by atoms with E-state index in [0.29, 0.717) is 13.2 Å². The third kappa shape index (κ3) is 4.97. The van der Waals surface area contributed by atoms with Crippen molar-refractivity contribution in [2.24, 2.45) is 5.92 Å². The molecule has 1 aromatic heterocycles. The summed E-state index contributed by atoms with van der Waals surface area (Å²) in [5.41, 5.74) is 1.98. The number of hydrogen-bond acceptors (Lipinski definition) is 4. The van der Waals surface area contributed by atoms with Crippen LogP contribution < -0.4 is 4.74 Å². The van der Waals surface area contributed by atoms with Gasteiger partial charge in [0.05, 0.1) is 12.3 Å². The van der Waals surface area contributed by atoms with Crippen LogP contribution in [0.3, 0.4) is 0 Å². The summed E-state index contributed by atoms with van der Waals surface area (Å²) in [6, 6.07) is 13.6. The third-order valence-electron chi connectivity index (χ3n) is 3.20. The summed E-state index contributed by atoms with van der Waals surface area (Å²) >= 11 is 0. The normalized spacial score (nSPS) is 10.7. The van der Waals surface area contributed by atoms with Gasteiger partial charge in [-0.05, 0) is 36.4 Å². The lowest BCUT2D eigenvalue weighted by atomic mass is 10.1. The molecule has 0 aliphatic heterocycles. The van der Waals surface area contributed by atoms with Crippen molar-refractivity contribution in [3.05, 3.63) is 48.7 Å². The van der Waals surface area contributed by atoms with Crippen molar-refractivity contribution in [2.45, 2.75) is 13.8 Å². The Morgan fingerprint density at radius 1 is 1.09 bits per heavy atom. The van der Waals surface area contributed by atoms with Crippen molar-refractivity contribution in [3.8, 4) is 17.0 Å². The lowest BCUT2D eigenvalue weighted by molar-refractivity contribution is -0.126. The number of nitrogens with zero attached hydrogens (tertiary/aromatic N) is 1. The minimum atomic E-state index is 0.0139. The fourth-order valence-corrected chi connectivity index (χ4v) is 1.81. The number of carbonyl (C=O) groups is 1. The highest BCUT2D eigenvalue weighted by Gasteiger charge is 2.06. The van der Waals surface area contributed by atoms with Crippen LogP contribution in [0.5, 0.6) is 5.75 Å². The van der Waals surface area contributed by atoms with Crippen LogP contribution in [0.15, 0.2) is 48.7 Å². The first-order valence-corrected chi connectivity index (χ1v) is 7.41. The van der Waals surface area contributed by atoms with Gasteiger partial charge < -0.3 is 9.47 Å². The van der Waals surface area contributed by atoms with Crippen molar-refractivity contribution in [2.75, 3.05) is 19.8 Å². The highest BCUT2D eigenvalue weighted by atomic mass is 16.5. The molecule has 116 valence electrons. The van der Waals surface area contributed by atoms with E-state index in [9.17, 15) is 4.79 Å². The fourth-order valence-electron chi connectivity index (χ4n) is 1.81. The molecule has 0 unspecified atom stereocenters. The minimum Gasteiger partial charge on any atom is -0.491 e. The summed E-state index contributed by atoms with van der Waals surface area (Å²) in [4.78, 5) is 15.7. The Hall–Kier alpha value is -2.20. The lowest BCUT2D eigenvalue weighted by Gasteiger charge is -2.08. The second-order valence-corrected chi connectivity index (χ2v) is 5.26. The maximum Gasteiger partial charge on any atom is 0.160 e. The van der Waals surface area contributed by atoms with Crippen molar-refractivity contribution in [1.82, 2.24) is 4.98 Å². The van der Waals surface area contributed by atoms with E-state index in [1.807, 2.05) is 56.3 Å². The van der Waals surface area contributed by atoms with Gasteiger partial charge >= 0.3 is 0 Å². The zero-order valence-electron chi connectivity index (χ0n) is 13.0. The lowest BCUT2D eigenvalue weighted by Crippen LogP contribution is -2.17. The maximum absolute atomic E-state index is 11.4. The molecule has 0 spiro atoms. The van der Waals surface area contributed by atoms with Crippen LogP contribution in [-0.4, -0.2) is 30.6 Å². The number of rotatable bonds is 8. The van der Waals surface area contributed by atoms with E-state index in [0.717, 1.165) is 17.0 Å². The van der Waals surface area contributed by atoms with E-state index < -0.39 is 0 Å². The average Bonchev–Trinajstić information content (AvgIpc) is 2.55. The first-order chi connectivity index (χ1) is 10.7. The largest absolute Gasteiger partial charge is 0.491 e. The Labute approximate surface area is 131 Å². The molecule has 4 nitrogen and oxygen atoms in total. The molecular formula is C18H21NO3. The molecule has 2 aromatic rings. The van der Waals surface area contributed by atoms with Crippen molar-refractivity contribution < 1.29 is 14.3 Å². The molecule has 22 heavy (non-hydrogen) atoms. The number of ketones is 1. The first-order valence-electron chi connectivity index (χ1n) is 7.41. The number of benzene rings is 1. The number of carbonyl (C=O) groups excluding carboxylic acids is 1. The molecule has 0 amide bonds. The number of aromatic nitrogens is 1. The molecule has 1 aromatic carbocycles. The molecule has 2 rings (SSSR count). The van der Waals surface area contributed by atoms with Gasteiger partial charge in [-0.25, -0.2) is 0 Å². The summed E-state index contributed by atoms with van der Waals surface area (Å²) in [5.74, 6) is 0.901. The van der Waals surface area contributed by atoms with E-state index in [1.165, 1.54) is 0 Å². The van der Waals surface area contributed by atoms with Gasteiger partial charge in [-0.15, -0.1) is 0 Å². The molecule has 0 radical (unpaired) electrons. The zero-order chi connectivity index (χ0) is 15.8. The van der Waals surface area contributed by atoms with Gasteiger partial charge in [0.15, 0.2) is 5.78 Å². The summed E-state index contributed by atoms with van der Waals surface area (Å²) < 4.78 is 10.9. The first kappa shape index (κ1) is 16.2. The quantitative estimate of drug-likeness (QED) is 0.701. The summed E-state index contributed by atoms with van der Waals surface area (Å²) in [7, 11) is 0. The van der Waals surface area contributed by atoms with Gasteiger partial charge in [-0.2, -0.15) is 0 Å². The van der Waals surface area contributed by atoms with Crippen LogP contribution in [0.1, 0.15) is 13.8 Å². The van der Waals surface area contributed by atoms with Crippen LogP contribution in [0.25, 0.3) is 11.3 Å². The second-order valence-electron chi connectivity index (χ2n) is 5.26. The number of Topliss-reactive ketones (excluding diaryl/α,β-unsaturated/α-hetero) is 1. The van der Waals surface area contributed by atoms with Crippen LogP contribution in [-0.2, 0) is 9.53 Å². The molecule has 0 saturated heterocycles. The maximum atomic E-state index is 11.4. The Kier molecular flexibility index (Phi) is 6.10. The predicted molar refractivity (Wildman–Crippen MR) is 85.8 cm³/mol. The highest BCUT2D eigenvalue weighted by molar-refractivity contribution is 5.81. The summed E-state index contributed by atoms with van der Waals surface area (Å²) in [5, 5.41) is 0. The van der Waals surface area contributed by atoms with Gasteiger partial charge in [0.1, 0.15) is 19.0 Å². The van der Waals surface area contributed by atoms with Crippen LogP contribution in [0, 0.1) is 5.92 Å². The van der Waals surface area contributed by atoms with E-state index in [1.54, 1.807) is 6.20 Å². The van der Waals surface area contributed by atoms with Gasteiger partial charge in [0, 0.05) is 17.7 Å². The Morgan fingerprint density at radius 2 is 1.86 bits per heavy atom. The third-order valence-corrected chi connectivity index (χ3v) is 3.20. The van der Waals surface area contributed by atoms with Crippen LogP contribution in [0.4, 0.5) is 0 Å². The molecule has 4 heteroatoms. The molecule has 0 aliphatic carbocycles. The number of pyridine rings is 1. The highest BCUT2D eigenvalue weighted by Crippen LogP contribution is 2.20. The topological polar surface area (TPSA) is 48.4 Å². The Balaban J connectivity index is 1.74. The van der Waals surface area contributed by atoms with Gasteiger partial charge in [0.2, 0.25) is 0 Å². The molecule has 0 aliphatic rings. The Bertz CT molecular complexity index is 579. The smallest absolute Gasteiger partial charge is 0.160 e. The van der Waals surface area contributed by atoms with Crippen LogP contribution in [0.2, 0.25) is 0 Å². The molecule has 0 saturated carbocycles. The minimum absolute atomic E-state index is 0.0139. The van der Waals surface area contributed by atoms with Crippen molar-refractivity contribution >= 4 is 5.78 Å². The zero-order valence-corrected chi connectivity index (χ0v) is 13.0. The van der Waals surface area contributed by atoms with E-state index in [4.69, 9.17) is 9.47 Å². The van der Waals surface area contributed by atoms with Gasteiger partial charge in [-0.3, -0.25) is 9.78 Å². The molecule has 0 bridgehead atoms. The molecule has 1 heterocycles. The molecular weight excluding hydrogens is 278 g/mol. The SMILES string of the molecule is CC(C)C(=O)COCCOc1ccc(-c2ccccn2)cc1. The summed E-state index contributed by atoms with van der Waals surface area (Å²) in [6.45, 7) is 4.71. The van der Waals surface area contributed by atoms with E-state index >= 15 is 0 Å². The molecule has 0 fully saturated rings. The summed E-state index contributed by atoms with van der Waals surface area (Å²) in [6.07, 6.45) is 1.77. The fraction of sp³-hybridized carbons (Fsp3) is 0.333. The predicted octanol–water partition coefficient (Wildman–Crippen LogP) is 3.37. The van der Waals surface area contributed by atoms with Crippen LogP contribution >= 0.6 is 0 Å². The van der Waals surface area contributed by atoms with Gasteiger partial charge in [-0.1, -0.05) is 19.9 Å².